The maximum atomic E-state index is 8.68. The molecule has 0 aliphatic heterocycles. The molecule has 0 heterocycles. The van der Waals surface area contributed by atoms with E-state index < -0.39 is 0 Å². The number of aliphatic hydroxyl groups excluding tert-OH is 1. The molecule has 1 N–H and O–H groups in total. The molecule has 7 heavy (non-hydrogen) atoms. The van der Waals surface area contributed by atoms with Gasteiger partial charge in [0.25, 0.3) is 0 Å². The maximum Gasteiger partial charge on any atom is 0.0646 e. The standard InChI is InChI=1S/C6H10O/c1-4-5(2)6(3)7/h1,5-7H,2-3H3/t5-,6+/m1/s1. The average molecular weight is 98.1 g/mol. The second-order valence-electron chi connectivity index (χ2n) is 1.70. The molecule has 0 unspecified atom stereocenters. The number of hydrogen-bond donors (Lipinski definition) is 1. The maximum absolute atomic E-state index is 8.68. The molecule has 0 saturated carbocycles. The highest BCUT2D eigenvalue weighted by Crippen LogP contribution is 1.96. The first-order chi connectivity index (χ1) is 3.18. The summed E-state index contributed by atoms with van der Waals surface area (Å²) in [6.07, 6.45) is 4.59. The number of aliphatic hydroxyl groups is 1. The lowest BCUT2D eigenvalue weighted by Crippen LogP contribution is -2.09. The number of terminal acetylenes is 1. The smallest absolute Gasteiger partial charge is 0.0646 e. The molecule has 0 bridgehead atoms. The second-order valence-corrected chi connectivity index (χ2v) is 1.70. The van der Waals surface area contributed by atoms with Gasteiger partial charge in [-0.3, -0.25) is 0 Å². The van der Waals surface area contributed by atoms with Crippen LogP contribution >= 0.6 is 0 Å². The summed E-state index contributed by atoms with van der Waals surface area (Å²) in [4.78, 5) is 0. The monoisotopic (exact) mass is 98.1 g/mol. The van der Waals surface area contributed by atoms with Crippen molar-refractivity contribution in [3.63, 3.8) is 0 Å². The van der Waals surface area contributed by atoms with Crippen molar-refractivity contribution in [2.24, 2.45) is 5.92 Å². The molecule has 0 spiro atoms. The van der Waals surface area contributed by atoms with E-state index in [0.29, 0.717) is 0 Å². The van der Waals surface area contributed by atoms with E-state index in [4.69, 9.17) is 11.5 Å². The van der Waals surface area contributed by atoms with Gasteiger partial charge in [-0.25, -0.2) is 0 Å². The molecule has 0 rings (SSSR count). The predicted octanol–water partition coefficient (Wildman–Crippen LogP) is 0.637. The molecule has 0 aromatic rings. The van der Waals surface area contributed by atoms with E-state index in [1.54, 1.807) is 6.92 Å². The van der Waals surface area contributed by atoms with E-state index in [1.165, 1.54) is 0 Å². The Morgan fingerprint density at radius 3 is 2.00 bits per heavy atom. The lowest BCUT2D eigenvalue weighted by Gasteiger charge is -2.04. The van der Waals surface area contributed by atoms with E-state index in [-0.39, 0.29) is 12.0 Å². The van der Waals surface area contributed by atoms with Gasteiger partial charge in [0, 0.05) is 5.92 Å². The molecule has 0 amide bonds. The van der Waals surface area contributed by atoms with Crippen molar-refractivity contribution >= 4 is 0 Å². The Balaban J connectivity index is 3.40. The molecule has 0 radical (unpaired) electrons. The highest BCUT2D eigenvalue weighted by molar-refractivity contribution is 4.92. The van der Waals surface area contributed by atoms with E-state index in [0.717, 1.165) is 0 Å². The minimum atomic E-state index is -0.370. The lowest BCUT2D eigenvalue weighted by atomic mass is 10.1. The zero-order chi connectivity index (χ0) is 5.86. The van der Waals surface area contributed by atoms with E-state index >= 15 is 0 Å². The summed E-state index contributed by atoms with van der Waals surface area (Å²) in [6.45, 7) is 3.50. The van der Waals surface area contributed by atoms with Crippen molar-refractivity contribution in [1.29, 1.82) is 0 Å². The topological polar surface area (TPSA) is 20.2 Å². The summed E-state index contributed by atoms with van der Waals surface area (Å²) < 4.78 is 0. The molecule has 2 atom stereocenters. The Morgan fingerprint density at radius 1 is 1.57 bits per heavy atom. The highest BCUT2D eigenvalue weighted by Gasteiger charge is 2.01. The van der Waals surface area contributed by atoms with Crippen molar-refractivity contribution in [1.82, 2.24) is 0 Å². The van der Waals surface area contributed by atoms with Gasteiger partial charge in [0.05, 0.1) is 6.10 Å². The fourth-order valence-corrected chi connectivity index (χ4v) is 0.139. The van der Waals surface area contributed by atoms with Gasteiger partial charge in [0.1, 0.15) is 0 Å². The Hall–Kier alpha value is -0.480. The van der Waals surface area contributed by atoms with Crippen molar-refractivity contribution in [3.8, 4) is 12.3 Å². The van der Waals surface area contributed by atoms with Crippen LogP contribution in [0.4, 0.5) is 0 Å². The van der Waals surface area contributed by atoms with Crippen LogP contribution in [0.25, 0.3) is 0 Å². The van der Waals surface area contributed by atoms with Crippen molar-refractivity contribution in [2.75, 3.05) is 0 Å². The SMILES string of the molecule is C#C[C@@H](C)[C@H](C)O. The molecular weight excluding hydrogens is 88.1 g/mol. The first-order valence-electron chi connectivity index (χ1n) is 2.32. The van der Waals surface area contributed by atoms with Crippen LogP contribution in [0.15, 0.2) is 0 Å². The van der Waals surface area contributed by atoms with Gasteiger partial charge in [-0.2, -0.15) is 0 Å². The molecule has 0 aromatic carbocycles. The van der Waals surface area contributed by atoms with Gasteiger partial charge in [0.15, 0.2) is 0 Å². The zero-order valence-electron chi connectivity index (χ0n) is 4.68. The Labute approximate surface area is 44.4 Å². The normalized spacial score (nSPS) is 17.4. The van der Waals surface area contributed by atoms with Crippen LogP contribution in [0.1, 0.15) is 13.8 Å². The molecule has 0 aliphatic rings. The second kappa shape index (κ2) is 2.65. The van der Waals surface area contributed by atoms with E-state index in [1.807, 2.05) is 6.92 Å². The lowest BCUT2D eigenvalue weighted by molar-refractivity contribution is 0.161. The average Bonchev–Trinajstić information content (AvgIpc) is 1.65. The van der Waals surface area contributed by atoms with Crippen molar-refractivity contribution in [2.45, 2.75) is 20.0 Å². The van der Waals surface area contributed by atoms with Crippen molar-refractivity contribution in [3.05, 3.63) is 0 Å². The summed E-state index contributed by atoms with van der Waals surface area (Å²) >= 11 is 0. The van der Waals surface area contributed by atoms with Gasteiger partial charge in [-0.1, -0.05) is 0 Å². The van der Waals surface area contributed by atoms with Gasteiger partial charge in [-0.15, -0.1) is 12.3 Å². The highest BCUT2D eigenvalue weighted by atomic mass is 16.3. The summed E-state index contributed by atoms with van der Waals surface area (Å²) in [5, 5.41) is 8.68. The van der Waals surface area contributed by atoms with Crippen LogP contribution in [-0.2, 0) is 0 Å². The minimum Gasteiger partial charge on any atom is -0.392 e. The first kappa shape index (κ1) is 6.52. The molecule has 0 aliphatic carbocycles. The third kappa shape index (κ3) is 2.24. The molecule has 1 heteroatoms. The van der Waals surface area contributed by atoms with Crippen LogP contribution in [0.2, 0.25) is 0 Å². The molecule has 40 valence electrons. The van der Waals surface area contributed by atoms with Gasteiger partial charge in [-0.05, 0) is 13.8 Å². The zero-order valence-corrected chi connectivity index (χ0v) is 4.68. The third-order valence-electron chi connectivity index (χ3n) is 0.986. The van der Waals surface area contributed by atoms with Crippen molar-refractivity contribution < 1.29 is 5.11 Å². The quantitative estimate of drug-likeness (QED) is 0.477. The van der Waals surface area contributed by atoms with Gasteiger partial charge >= 0.3 is 0 Å². The summed E-state index contributed by atoms with van der Waals surface area (Å²) in [6, 6.07) is 0. The van der Waals surface area contributed by atoms with Crippen LogP contribution < -0.4 is 0 Å². The third-order valence-corrected chi connectivity index (χ3v) is 0.986. The number of hydrogen-bond acceptors (Lipinski definition) is 1. The molecule has 1 nitrogen and oxygen atoms in total. The van der Waals surface area contributed by atoms with Gasteiger partial charge < -0.3 is 5.11 Å². The first-order valence-corrected chi connectivity index (χ1v) is 2.32. The Morgan fingerprint density at radius 2 is 2.00 bits per heavy atom. The van der Waals surface area contributed by atoms with Crippen LogP contribution in [0, 0.1) is 18.3 Å². The fourth-order valence-electron chi connectivity index (χ4n) is 0.139. The number of rotatable bonds is 1. The minimum absolute atomic E-state index is 0.0139. The van der Waals surface area contributed by atoms with Crippen LogP contribution in [-0.4, -0.2) is 11.2 Å². The summed E-state index contributed by atoms with van der Waals surface area (Å²) in [7, 11) is 0. The Bertz CT molecular complexity index is 78.7. The summed E-state index contributed by atoms with van der Waals surface area (Å²) in [5.41, 5.74) is 0. The summed E-state index contributed by atoms with van der Waals surface area (Å²) in [5.74, 6) is 2.40. The largest absolute Gasteiger partial charge is 0.392 e. The fraction of sp³-hybridized carbons (Fsp3) is 0.667. The molecule has 0 saturated heterocycles. The molecule has 0 fully saturated rings. The van der Waals surface area contributed by atoms with Crippen LogP contribution in [0.5, 0.6) is 0 Å². The van der Waals surface area contributed by atoms with E-state index in [9.17, 15) is 0 Å². The molecule has 0 aromatic heterocycles. The van der Waals surface area contributed by atoms with Gasteiger partial charge in [0.2, 0.25) is 0 Å². The van der Waals surface area contributed by atoms with E-state index in [2.05, 4.69) is 5.92 Å². The predicted molar refractivity (Wildman–Crippen MR) is 29.7 cm³/mol. The molecular formula is C6H10O. The van der Waals surface area contributed by atoms with Crippen LogP contribution in [0.3, 0.4) is 0 Å². The Kier molecular flexibility index (Phi) is 2.47.